The van der Waals surface area contributed by atoms with Crippen LogP contribution in [0.2, 0.25) is 5.02 Å². The standard InChI is InChI=1S/C26H35ClN2O4/c1-20-3-8-23(27)24(17-20)33-19-26(31)9-13-28(14-10-26)18-25(30)11-15-29(16-12-25)21-4-6-22(32-2)7-5-21/h3-8,17,30-31H,9-16,18-19H2,1-2H3. The molecule has 2 aliphatic heterocycles. The zero-order chi connectivity index (χ0) is 23.5. The Kier molecular flexibility index (Phi) is 7.39. The van der Waals surface area contributed by atoms with Crippen molar-refractivity contribution in [3.63, 3.8) is 0 Å². The minimum Gasteiger partial charge on any atom is -0.497 e. The van der Waals surface area contributed by atoms with Gasteiger partial charge in [0.2, 0.25) is 0 Å². The van der Waals surface area contributed by atoms with E-state index >= 15 is 0 Å². The third-order valence-corrected chi connectivity index (χ3v) is 7.33. The molecule has 6 nitrogen and oxygen atoms in total. The predicted molar refractivity (Wildman–Crippen MR) is 132 cm³/mol. The fourth-order valence-electron chi connectivity index (χ4n) is 4.75. The SMILES string of the molecule is COc1ccc(N2CCC(O)(CN3CCC(O)(COc4cc(C)ccc4Cl)CC3)CC2)cc1. The summed E-state index contributed by atoms with van der Waals surface area (Å²) in [4.78, 5) is 4.59. The third-order valence-electron chi connectivity index (χ3n) is 7.02. The summed E-state index contributed by atoms with van der Waals surface area (Å²) in [5.74, 6) is 1.47. The maximum absolute atomic E-state index is 11.2. The molecule has 2 fully saturated rings. The van der Waals surface area contributed by atoms with Gasteiger partial charge < -0.3 is 29.5 Å². The average molecular weight is 475 g/mol. The van der Waals surface area contributed by atoms with Gasteiger partial charge in [-0.3, -0.25) is 0 Å². The molecule has 0 bridgehead atoms. The lowest BCUT2D eigenvalue weighted by Gasteiger charge is -2.44. The van der Waals surface area contributed by atoms with Gasteiger partial charge in [-0.15, -0.1) is 0 Å². The highest BCUT2D eigenvalue weighted by atomic mass is 35.5. The van der Waals surface area contributed by atoms with Gasteiger partial charge in [0, 0.05) is 38.4 Å². The first-order valence-electron chi connectivity index (χ1n) is 11.7. The first-order chi connectivity index (χ1) is 15.8. The number of likely N-dealkylation sites (tertiary alicyclic amines) is 1. The summed E-state index contributed by atoms with van der Waals surface area (Å²) < 4.78 is 11.1. The van der Waals surface area contributed by atoms with Gasteiger partial charge >= 0.3 is 0 Å². The van der Waals surface area contributed by atoms with Gasteiger partial charge in [0.05, 0.1) is 17.7 Å². The molecule has 180 valence electrons. The highest BCUT2D eigenvalue weighted by molar-refractivity contribution is 6.32. The van der Waals surface area contributed by atoms with Crippen LogP contribution < -0.4 is 14.4 Å². The summed E-state index contributed by atoms with van der Waals surface area (Å²) >= 11 is 6.22. The average Bonchev–Trinajstić information content (AvgIpc) is 2.82. The highest BCUT2D eigenvalue weighted by Crippen LogP contribution is 2.32. The Morgan fingerprint density at radius 3 is 2.18 bits per heavy atom. The van der Waals surface area contributed by atoms with Crippen LogP contribution in [-0.4, -0.2) is 72.8 Å². The molecule has 2 aromatic carbocycles. The van der Waals surface area contributed by atoms with Gasteiger partial charge in [0.15, 0.2) is 0 Å². The van der Waals surface area contributed by atoms with Crippen molar-refractivity contribution in [2.24, 2.45) is 0 Å². The predicted octanol–water partition coefficient (Wildman–Crippen LogP) is 3.89. The maximum atomic E-state index is 11.2. The van der Waals surface area contributed by atoms with Crippen molar-refractivity contribution in [3.8, 4) is 11.5 Å². The van der Waals surface area contributed by atoms with Crippen molar-refractivity contribution in [2.75, 3.05) is 51.3 Å². The van der Waals surface area contributed by atoms with Gasteiger partial charge in [-0.2, -0.15) is 0 Å². The number of halogens is 1. The Morgan fingerprint density at radius 1 is 0.909 bits per heavy atom. The number of nitrogens with zero attached hydrogens (tertiary/aromatic N) is 2. The number of anilines is 1. The molecule has 2 heterocycles. The summed E-state index contributed by atoms with van der Waals surface area (Å²) in [5.41, 5.74) is 0.672. The van der Waals surface area contributed by atoms with Crippen LogP contribution >= 0.6 is 11.6 Å². The van der Waals surface area contributed by atoms with Crippen molar-refractivity contribution in [2.45, 2.75) is 43.8 Å². The van der Waals surface area contributed by atoms with Crippen LogP contribution in [0.15, 0.2) is 42.5 Å². The Bertz CT molecular complexity index is 920. The molecule has 0 atom stereocenters. The normalized spacial score (nSPS) is 20.5. The number of aryl methyl sites for hydroxylation is 1. The molecular formula is C26H35ClN2O4. The van der Waals surface area contributed by atoms with Crippen molar-refractivity contribution < 1.29 is 19.7 Å². The van der Waals surface area contributed by atoms with Crippen molar-refractivity contribution in [3.05, 3.63) is 53.1 Å². The van der Waals surface area contributed by atoms with Gasteiger partial charge in [-0.05, 0) is 74.6 Å². The van der Waals surface area contributed by atoms with E-state index in [2.05, 4.69) is 21.9 Å². The summed E-state index contributed by atoms with van der Waals surface area (Å²) in [6.45, 7) is 5.99. The number of benzene rings is 2. The van der Waals surface area contributed by atoms with Crippen LogP contribution in [0.25, 0.3) is 0 Å². The number of hydrogen-bond acceptors (Lipinski definition) is 6. The van der Waals surface area contributed by atoms with Crippen LogP contribution in [0.3, 0.4) is 0 Å². The monoisotopic (exact) mass is 474 g/mol. The van der Waals surface area contributed by atoms with Gasteiger partial charge in [0.1, 0.15) is 23.7 Å². The van der Waals surface area contributed by atoms with E-state index in [0.717, 1.165) is 56.0 Å². The number of methoxy groups -OCH3 is 1. The fourth-order valence-corrected chi connectivity index (χ4v) is 4.93. The van der Waals surface area contributed by atoms with Crippen LogP contribution in [0.4, 0.5) is 5.69 Å². The number of β-amino-alcohol motifs (C(OH)–C–C–N with tert-alkyl or cyclic N) is 1. The van der Waals surface area contributed by atoms with Crippen LogP contribution in [0, 0.1) is 6.92 Å². The second-order valence-electron chi connectivity index (χ2n) is 9.63. The summed E-state index contributed by atoms with van der Waals surface area (Å²) in [6.07, 6.45) is 2.69. The molecule has 0 amide bonds. The van der Waals surface area contributed by atoms with E-state index in [1.54, 1.807) is 7.11 Å². The van der Waals surface area contributed by atoms with Crippen molar-refractivity contribution in [1.82, 2.24) is 4.90 Å². The van der Waals surface area contributed by atoms with E-state index in [1.807, 2.05) is 37.3 Å². The molecule has 0 saturated carbocycles. The zero-order valence-corrected chi connectivity index (χ0v) is 20.4. The Labute approximate surface area is 201 Å². The minimum absolute atomic E-state index is 0.227. The number of rotatable bonds is 7. The van der Waals surface area contributed by atoms with E-state index < -0.39 is 11.2 Å². The lowest BCUT2D eigenvalue weighted by atomic mass is 9.87. The largest absolute Gasteiger partial charge is 0.497 e. The molecule has 7 heteroatoms. The van der Waals surface area contributed by atoms with Crippen LogP contribution in [0.1, 0.15) is 31.2 Å². The highest BCUT2D eigenvalue weighted by Gasteiger charge is 2.38. The van der Waals surface area contributed by atoms with E-state index in [4.69, 9.17) is 21.1 Å². The first kappa shape index (κ1) is 24.1. The summed E-state index contributed by atoms with van der Waals surface area (Å²) in [5, 5.41) is 22.8. The van der Waals surface area contributed by atoms with Crippen LogP contribution in [-0.2, 0) is 0 Å². The summed E-state index contributed by atoms with van der Waals surface area (Å²) in [7, 11) is 1.67. The second kappa shape index (κ2) is 10.1. The molecule has 0 unspecified atom stereocenters. The van der Waals surface area contributed by atoms with E-state index in [1.165, 1.54) is 0 Å². The summed E-state index contributed by atoms with van der Waals surface area (Å²) in [6, 6.07) is 13.7. The van der Waals surface area contributed by atoms with Crippen molar-refractivity contribution >= 4 is 17.3 Å². The van der Waals surface area contributed by atoms with E-state index in [9.17, 15) is 10.2 Å². The van der Waals surface area contributed by atoms with E-state index in [0.29, 0.717) is 30.2 Å². The van der Waals surface area contributed by atoms with Crippen LogP contribution in [0.5, 0.6) is 11.5 Å². The molecule has 0 aliphatic carbocycles. The quantitative estimate of drug-likeness (QED) is 0.634. The Balaban J connectivity index is 1.24. The minimum atomic E-state index is -0.871. The number of hydrogen-bond donors (Lipinski definition) is 2. The molecule has 0 spiro atoms. The smallest absolute Gasteiger partial charge is 0.138 e. The number of ether oxygens (including phenoxy) is 2. The Hall–Kier alpha value is -1.99. The van der Waals surface area contributed by atoms with Gasteiger partial charge in [0.25, 0.3) is 0 Å². The molecule has 2 aliphatic rings. The zero-order valence-electron chi connectivity index (χ0n) is 19.6. The molecule has 0 aromatic heterocycles. The molecule has 4 rings (SSSR count). The fraction of sp³-hybridized carbons (Fsp3) is 0.538. The number of aliphatic hydroxyl groups is 2. The lowest BCUT2D eigenvalue weighted by molar-refractivity contribution is -0.0747. The lowest BCUT2D eigenvalue weighted by Crippen LogP contribution is -2.55. The molecule has 2 aromatic rings. The van der Waals surface area contributed by atoms with Crippen molar-refractivity contribution in [1.29, 1.82) is 0 Å². The molecule has 2 saturated heterocycles. The molecule has 2 N–H and O–H groups in total. The van der Waals surface area contributed by atoms with Gasteiger partial charge in [-0.1, -0.05) is 17.7 Å². The van der Waals surface area contributed by atoms with Gasteiger partial charge in [-0.25, -0.2) is 0 Å². The molecular weight excluding hydrogens is 440 g/mol. The molecule has 33 heavy (non-hydrogen) atoms. The second-order valence-corrected chi connectivity index (χ2v) is 10.0. The molecule has 0 radical (unpaired) electrons. The first-order valence-corrected chi connectivity index (χ1v) is 12.1. The third kappa shape index (κ3) is 6.12. The maximum Gasteiger partial charge on any atom is 0.138 e. The number of piperidine rings is 2. The Morgan fingerprint density at radius 2 is 1.55 bits per heavy atom. The topological polar surface area (TPSA) is 65.4 Å². The van der Waals surface area contributed by atoms with E-state index in [-0.39, 0.29) is 6.61 Å².